The zero-order chi connectivity index (χ0) is 24.2. The van der Waals surface area contributed by atoms with E-state index in [0.29, 0.717) is 31.0 Å². The minimum absolute atomic E-state index is 0.0252. The molecule has 0 N–H and O–H groups in total. The van der Waals surface area contributed by atoms with Crippen LogP contribution in [0, 0.1) is 20.8 Å². The largest absolute Gasteiger partial charge is 0.496 e. The number of ether oxygens (including phenoxy) is 2. The quantitative estimate of drug-likeness (QED) is 0.448. The Morgan fingerprint density at radius 3 is 2.41 bits per heavy atom. The van der Waals surface area contributed by atoms with Crippen LogP contribution < -0.4 is 14.4 Å². The van der Waals surface area contributed by atoms with Crippen LogP contribution in [0.25, 0.3) is 0 Å². The molecule has 1 aliphatic rings. The van der Waals surface area contributed by atoms with Gasteiger partial charge in [-0.05, 0) is 79.9 Å². The van der Waals surface area contributed by atoms with Crippen molar-refractivity contribution in [3.8, 4) is 11.5 Å². The highest BCUT2D eigenvalue weighted by molar-refractivity contribution is 6.30. The third kappa shape index (κ3) is 5.31. The molecule has 1 heterocycles. The van der Waals surface area contributed by atoms with Crippen LogP contribution in [0.1, 0.15) is 32.6 Å². The minimum Gasteiger partial charge on any atom is -0.496 e. The van der Waals surface area contributed by atoms with E-state index in [9.17, 15) is 4.79 Å². The fourth-order valence-corrected chi connectivity index (χ4v) is 4.54. The first-order valence-corrected chi connectivity index (χ1v) is 11.9. The Morgan fingerprint density at radius 2 is 1.71 bits per heavy atom. The molecule has 0 aliphatic carbocycles. The molecular formula is C28H31ClN2O3. The summed E-state index contributed by atoms with van der Waals surface area (Å²) < 4.78 is 11.7. The van der Waals surface area contributed by atoms with Gasteiger partial charge in [0.25, 0.3) is 5.91 Å². The normalized spacial score (nSPS) is 13.7. The summed E-state index contributed by atoms with van der Waals surface area (Å²) in [6.07, 6.45) is 0. The van der Waals surface area contributed by atoms with E-state index >= 15 is 0 Å². The molecule has 3 aromatic rings. The molecule has 0 aromatic heterocycles. The lowest BCUT2D eigenvalue weighted by molar-refractivity contribution is 0.0746. The molecule has 0 atom stereocenters. The number of carbonyl (C=O) groups is 1. The van der Waals surface area contributed by atoms with Crippen molar-refractivity contribution in [1.29, 1.82) is 0 Å². The molecule has 0 unspecified atom stereocenters. The second-order valence-electron chi connectivity index (χ2n) is 8.78. The Balaban J connectivity index is 1.45. The molecule has 1 fully saturated rings. The molecule has 5 nitrogen and oxygen atoms in total. The van der Waals surface area contributed by atoms with E-state index in [0.717, 1.165) is 46.2 Å². The third-order valence-electron chi connectivity index (χ3n) is 6.41. The van der Waals surface area contributed by atoms with Crippen LogP contribution in [0.15, 0.2) is 54.6 Å². The Labute approximate surface area is 206 Å². The summed E-state index contributed by atoms with van der Waals surface area (Å²) in [5.41, 5.74) is 6.06. The van der Waals surface area contributed by atoms with Crippen molar-refractivity contribution < 1.29 is 14.3 Å². The van der Waals surface area contributed by atoms with Crippen LogP contribution in [-0.2, 0) is 6.61 Å². The standard InChI is InChI=1S/C28H31ClN2O3/c1-19-14-20(2)21(3)27(15-19)34-18-23-16-22(8-9-26(23)33-4)28(32)31-12-10-30(11-13-31)25-7-5-6-24(29)17-25/h5-9,14-17H,10-13,18H2,1-4H3. The molecule has 3 aromatic carbocycles. The van der Waals surface area contributed by atoms with Gasteiger partial charge in [-0.25, -0.2) is 0 Å². The van der Waals surface area contributed by atoms with Crippen molar-refractivity contribution >= 4 is 23.2 Å². The lowest BCUT2D eigenvalue weighted by atomic mass is 10.1. The van der Waals surface area contributed by atoms with Gasteiger partial charge < -0.3 is 19.3 Å². The molecule has 6 heteroatoms. The lowest BCUT2D eigenvalue weighted by Crippen LogP contribution is -2.48. The number of amides is 1. The molecule has 1 saturated heterocycles. The van der Waals surface area contributed by atoms with E-state index in [1.165, 1.54) is 5.56 Å². The number of halogens is 1. The van der Waals surface area contributed by atoms with Gasteiger partial charge in [-0.1, -0.05) is 23.7 Å². The number of rotatable bonds is 6. The fourth-order valence-electron chi connectivity index (χ4n) is 4.35. The SMILES string of the molecule is COc1ccc(C(=O)N2CCN(c3cccc(Cl)c3)CC2)cc1COc1cc(C)cc(C)c1C. The maximum Gasteiger partial charge on any atom is 0.253 e. The number of piperazine rings is 1. The highest BCUT2D eigenvalue weighted by atomic mass is 35.5. The van der Waals surface area contributed by atoms with E-state index < -0.39 is 0 Å². The average molecular weight is 479 g/mol. The third-order valence-corrected chi connectivity index (χ3v) is 6.65. The van der Waals surface area contributed by atoms with E-state index in [2.05, 4.69) is 37.8 Å². The first-order chi connectivity index (χ1) is 16.4. The zero-order valence-electron chi connectivity index (χ0n) is 20.2. The molecule has 34 heavy (non-hydrogen) atoms. The molecule has 1 aliphatic heterocycles. The Morgan fingerprint density at radius 1 is 0.941 bits per heavy atom. The minimum atomic E-state index is 0.0252. The summed E-state index contributed by atoms with van der Waals surface area (Å²) in [6.45, 7) is 9.39. The van der Waals surface area contributed by atoms with Crippen molar-refractivity contribution in [1.82, 2.24) is 4.90 Å². The number of anilines is 1. The van der Waals surface area contributed by atoms with E-state index in [4.69, 9.17) is 21.1 Å². The Hall–Kier alpha value is -3.18. The van der Waals surface area contributed by atoms with Crippen molar-refractivity contribution in [3.05, 3.63) is 87.4 Å². The second-order valence-corrected chi connectivity index (χ2v) is 9.22. The number of benzene rings is 3. The van der Waals surface area contributed by atoms with Crippen LogP contribution in [0.2, 0.25) is 5.02 Å². The van der Waals surface area contributed by atoms with Gasteiger partial charge in [0.15, 0.2) is 0 Å². The van der Waals surface area contributed by atoms with Gasteiger partial charge in [0, 0.05) is 48.0 Å². The maximum atomic E-state index is 13.3. The Bertz CT molecular complexity index is 1190. The molecule has 0 bridgehead atoms. The molecule has 0 saturated carbocycles. The molecule has 1 amide bonds. The van der Waals surface area contributed by atoms with Crippen molar-refractivity contribution in [2.75, 3.05) is 38.2 Å². The smallest absolute Gasteiger partial charge is 0.253 e. The number of carbonyl (C=O) groups excluding carboxylic acids is 1. The maximum absolute atomic E-state index is 13.3. The summed E-state index contributed by atoms with van der Waals surface area (Å²) in [4.78, 5) is 17.4. The molecule has 178 valence electrons. The number of nitrogens with zero attached hydrogens (tertiary/aromatic N) is 2. The number of hydrogen-bond acceptors (Lipinski definition) is 4. The van der Waals surface area contributed by atoms with Crippen LogP contribution in [-0.4, -0.2) is 44.1 Å². The van der Waals surface area contributed by atoms with E-state index in [-0.39, 0.29) is 5.91 Å². The first-order valence-electron chi connectivity index (χ1n) is 11.5. The summed E-state index contributed by atoms with van der Waals surface area (Å²) in [5.74, 6) is 1.59. The van der Waals surface area contributed by atoms with Crippen LogP contribution in [0.3, 0.4) is 0 Å². The van der Waals surface area contributed by atoms with Gasteiger partial charge in [0.2, 0.25) is 0 Å². The molecular weight excluding hydrogens is 448 g/mol. The number of methoxy groups -OCH3 is 1. The van der Waals surface area contributed by atoms with Gasteiger partial charge in [-0.15, -0.1) is 0 Å². The van der Waals surface area contributed by atoms with Crippen LogP contribution in [0.4, 0.5) is 5.69 Å². The fraction of sp³-hybridized carbons (Fsp3) is 0.321. The van der Waals surface area contributed by atoms with Crippen molar-refractivity contribution in [3.63, 3.8) is 0 Å². The van der Waals surface area contributed by atoms with Gasteiger partial charge in [0.1, 0.15) is 18.1 Å². The van der Waals surface area contributed by atoms with Gasteiger partial charge in [-0.2, -0.15) is 0 Å². The monoisotopic (exact) mass is 478 g/mol. The summed E-state index contributed by atoms with van der Waals surface area (Å²) in [7, 11) is 1.64. The zero-order valence-corrected chi connectivity index (χ0v) is 21.0. The van der Waals surface area contributed by atoms with Crippen molar-refractivity contribution in [2.24, 2.45) is 0 Å². The van der Waals surface area contributed by atoms with Crippen LogP contribution in [0.5, 0.6) is 11.5 Å². The summed E-state index contributed by atoms with van der Waals surface area (Å²) >= 11 is 6.14. The predicted molar refractivity (Wildman–Crippen MR) is 138 cm³/mol. The van der Waals surface area contributed by atoms with E-state index in [1.807, 2.05) is 47.4 Å². The highest BCUT2D eigenvalue weighted by Crippen LogP contribution is 2.27. The first kappa shape index (κ1) is 24.0. The second kappa shape index (κ2) is 10.4. The number of aryl methyl sites for hydroxylation is 2. The predicted octanol–water partition coefficient (Wildman–Crippen LogP) is 5.82. The van der Waals surface area contributed by atoms with Gasteiger partial charge in [-0.3, -0.25) is 4.79 Å². The molecule has 0 radical (unpaired) electrons. The van der Waals surface area contributed by atoms with Gasteiger partial charge in [0.05, 0.1) is 7.11 Å². The average Bonchev–Trinajstić information content (AvgIpc) is 2.84. The Kier molecular flexibility index (Phi) is 7.32. The lowest BCUT2D eigenvalue weighted by Gasteiger charge is -2.36. The summed E-state index contributed by atoms with van der Waals surface area (Å²) in [6, 6.07) is 17.6. The van der Waals surface area contributed by atoms with Crippen LogP contribution >= 0.6 is 11.6 Å². The van der Waals surface area contributed by atoms with E-state index in [1.54, 1.807) is 7.11 Å². The highest BCUT2D eigenvalue weighted by Gasteiger charge is 2.23. The molecule has 4 rings (SSSR count). The number of hydrogen-bond donors (Lipinski definition) is 0. The summed E-state index contributed by atoms with van der Waals surface area (Å²) in [5, 5.41) is 0.722. The topological polar surface area (TPSA) is 42.0 Å². The van der Waals surface area contributed by atoms with Gasteiger partial charge >= 0.3 is 0 Å². The van der Waals surface area contributed by atoms with Crippen molar-refractivity contribution in [2.45, 2.75) is 27.4 Å². The molecule has 0 spiro atoms.